The van der Waals surface area contributed by atoms with Gasteiger partial charge in [0.1, 0.15) is 5.58 Å². The first-order valence-electron chi connectivity index (χ1n) is 8.55. The summed E-state index contributed by atoms with van der Waals surface area (Å²) in [5, 5.41) is 0.817. The predicted molar refractivity (Wildman–Crippen MR) is 106 cm³/mol. The van der Waals surface area contributed by atoms with Crippen LogP contribution in [0.3, 0.4) is 0 Å². The van der Waals surface area contributed by atoms with Gasteiger partial charge in [-0.05, 0) is 37.3 Å². The fourth-order valence-electron chi connectivity index (χ4n) is 2.71. The Balaban J connectivity index is 1.66. The van der Waals surface area contributed by atoms with E-state index in [4.69, 9.17) is 15.6 Å². The van der Waals surface area contributed by atoms with Crippen molar-refractivity contribution in [1.82, 2.24) is 4.72 Å². The zero-order valence-electron chi connectivity index (χ0n) is 15.5. The highest BCUT2D eigenvalue weighted by Crippen LogP contribution is 2.25. The molecule has 0 aliphatic heterocycles. The number of hydrogen-bond donors (Lipinski definition) is 1. The molecule has 1 heterocycles. The molecule has 8 heteroatoms. The van der Waals surface area contributed by atoms with E-state index in [1.807, 2.05) is 12.1 Å². The second-order valence-corrected chi connectivity index (χ2v) is 7.87. The molecular weight excluding hydrogens is 394 g/mol. The van der Waals surface area contributed by atoms with Gasteiger partial charge in [-0.25, -0.2) is 13.2 Å². The third kappa shape index (κ3) is 4.37. The van der Waals surface area contributed by atoms with Crippen molar-refractivity contribution in [3.63, 3.8) is 0 Å². The van der Waals surface area contributed by atoms with Gasteiger partial charge < -0.3 is 9.15 Å². The first-order chi connectivity index (χ1) is 13.8. The average Bonchev–Trinajstić information content (AvgIpc) is 3.07. The van der Waals surface area contributed by atoms with E-state index in [0.29, 0.717) is 11.1 Å². The largest absolute Gasteiger partial charge is 0.454 e. The van der Waals surface area contributed by atoms with Crippen LogP contribution in [0.5, 0.6) is 0 Å². The molecule has 3 rings (SSSR count). The topological polar surface area (TPSA) is 103 Å². The predicted octanol–water partition coefficient (Wildman–Crippen LogP) is 2.69. The summed E-state index contributed by atoms with van der Waals surface area (Å²) in [7, 11) is -3.76. The van der Waals surface area contributed by atoms with Crippen LogP contribution in [0.2, 0.25) is 0 Å². The molecule has 0 bridgehead atoms. The normalized spacial score (nSPS) is 11.2. The number of carbonyl (C=O) groups is 2. The van der Waals surface area contributed by atoms with Crippen LogP contribution in [-0.4, -0.2) is 33.3 Å². The lowest BCUT2D eigenvalue weighted by molar-refractivity contribution is 0.0468. The molecule has 0 atom stereocenters. The molecule has 0 fully saturated rings. The summed E-state index contributed by atoms with van der Waals surface area (Å²) in [6.07, 6.45) is 5.04. The number of carbonyl (C=O) groups excluding carboxylic acids is 2. The van der Waals surface area contributed by atoms with Gasteiger partial charge in [0.25, 0.3) is 0 Å². The average molecular weight is 411 g/mol. The van der Waals surface area contributed by atoms with Gasteiger partial charge in [-0.1, -0.05) is 24.1 Å². The molecule has 0 radical (unpaired) electrons. The Morgan fingerprint density at radius 2 is 1.83 bits per heavy atom. The first kappa shape index (κ1) is 20.3. The van der Waals surface area contributed by atoms with E-state index in [1.54, 1.807) is 19.1 Å². The van der Waals surface area contributed by atoms with Crippen LogP contribution in [0.4, 0.5) is 0 Å². The van der Waals surface area contributed by atoms with E-state index < -0.39 is 28.4 Å². The number of ether oxygens (including phenoxy) is 1. The molecule has 0 saturated carbocycles. The Bertz CT molecular complexity index is 1220. The van der Waals surface area contributed by atoms with E-state index in [1.165, 1.54) is 24.3 Å². The summed E-state index contributed by atoms with van der Waals surface area (Å²) >= 11 is 0. The van der Waals surface area contributed by atoms with Crippen molar-refractivity contribution >= 4 is 32.7 Å². The first-order valence-corrected chi connectivity index (χ1v) is 10.0. The smallest absolute Gasteiger partial charge is 0.338 e. The molecule has 1 N–H and O–H groups in total. The molecule has 7 nitrogen and oxygen atoms in total. The molecule has 0 spiro atoms. The standard InChI is InChI=1S/C21H17NO6S/c1-3-12-22-29(25,26)16-10-8-15(9-11-16)21(24)27-13-18(23)20-14(2)17-6-4-5-7-19(17)28-20/h1,4-11,22H,12-13H2,2H3. The Morgan fingerprint density at radius 1 is 1.14 bits per heavy atom. The minimum absolute atomic E-state index is 0.0433. The molecule has 0 unspecified atom stereocenters. The Labute approximate surface area is 167 Å². The third-order valence-electron chi connectivity index (χ3n) is 4.20. The number of furan rings is 1. The van der Waals surface area contributed by atoms with Crippen molar-refractivity contribution in [2.45, 2.75) is 11.8 Å². The van der Waals surface area contributed by atoms with E-state index in [0.717, 1.165) is 5.39 Å². The summed E-state index contributed by atoms with van der Waals surface area (Å²) in [5.41, 5.74) is 1.36. The summed E-state index contributed by atoms with van der Waals surface area (Å²) < 4.78 is 36.8. The maximum Gasteiger partial charge on any atom is 0.338 e. The fraction of sp³-hybridized carbons (Fsp3) is 0.143. The number of aryl methyl sites for hydroxylation is 1. The maximum atomic E-state index is 12.4. The van der Waals surface area contributed by atoms with Crippen molar-refractivity contribution < 1.29 is 27.2 Å². The second kappa shape index (κ2) is 8.31. The van der Waals surface area contributed by atoms with Crippen molar-refractivity contribution in [2.24, 2.45) is 0 Å². The maximum absolute atomic E-state index is 12.4. The highest BCUT2D eigenvalue weighted by atomic mass is 32.2. The van der Waals surface area contributed by atoms with Crippen molar-refractivity contribution in [3.8, 4) is 12.3 Å². The number of terminal acetylenes is 1. The number of fused-ring (bicyclic) bond motifs is 1. The highest BCUT2D eigenvalue weighted by Gasteiger charge is 2.20. The van der Waals surface area contributed by atoms with Gasteiger partial charge in [0.15, 0.2) is 12.4 Å². The van der Waals surface area contributed by atoms with Crippen LogP contribution < -0.4 is 4.72 Å². The summed E-state index contributed by atoms with van der Waals surface area (Å²) in [6.45, 7) is 1.12. The van der Waals surface area contributed by atoms with E-state index >= 15 is 0 Å². The number of sulfonamides is 1. The highest BCUT2D eigenvalue weighted by molar-refractivity contribution is 7.89. The molecule has 2 aromatic carbocycles. The lowest BCUT2D eigenvalue weighted by atomic mass is 10.1. The van der Waals surface area contributed by atoms with Gasteiger partial charge in [0, 0.05) is 10.9 Å². The second-order valence-electron chi connectivity index (χ2n) is 6.10. The molecule has 0 amide bonds. The fourth-order valence-corrected chi connectivity index (χ4v) is 3.64. The number of benzene rings is 2. The lowest BCUT2D eigenvalue weighted by Crippen LogP contribution is -2.24. The number of esters is 1. The zero-order valence-corrected chi connectivity index (χ0v) is 16.3. The third-order valence-corrected chi connectivity index (χ3v) is 5.61. The molecule has 3 aromatic rings. The molecule has 0 aliphatic carbocycles. The van der Waals surface area contributed by atoms with Crippen molar-refractivity contribution in [2.75, 3.05) is 13.2 Å². The Hall–Kier alpha value is -3.41. The lowest BCUT2D eigenvalue weighted by Gasteiger charge is -2.06. The number of hydrogen-bond acceptors (Lipinski definition) is 6. The summed E-state index contributed by atoms with van der Waals surface area (Å²) in [6, 6.07) is 12.3. The number of nitrogens with one attached hydrogen (secondary N) is 1. The van der Waals surface area contributed by atoms with Gasteiger partial charge in [0.2, 0.25) is 15.8 Å². The number of ketones is 1. The SMILES string of the molecule is C#CCNS(=O)(=O)c1ccc(C(=O)OCC(=O)c2oc3ccccc3c2C)cc1. The van der Waals surface area contributed by atoms with Gasteiger partial charge in [-0.15, -0.1) is 6.42 Å². The van der Waals surface area contributed by atoms with Gasteiger partial charge in [-0.2, -0.15) is 4.72 Å². The van der Waals surface area contributed by atoms with Crippen LogP contribution in [0.25, 0.3) is 11.0 Å². The van der Waals surface area contributed by atoms with Crippen LogP contribution in [0, 0.1) is 19.3 Å². The van der Waals surface area contributed by atoms with Gasteiger partial charge in [0.05, 0.1) is 17.0 Å². The van der Waals surface area contributed by atoms with Crippen LogP contribution in [0.1, 0.15) is 26.5 Å². The van der Waals surface area contributed by atoms with Crippen LogP contribution >= 0.6 is 0 Å². The number of para-hydroxylation sites is 1. The van der Waals surface area contributed by atoms with Crippen LogP contribution in [-0.2, 0) is 14.8 Å². The summed E-state index contributed by atoms with van der Waals surface area (Å²) in [5.74, 6) is 1.09. The molecule has 29 heavy (non-hydrogen) atoms. The van der Waals surface area contributed by atoms with E-state index in [2.05, 4.69) is 10.6 Å². The van der Waals surface area contributed by atoms with Crippen molar-refractivity contribution in [3.05, 3.63) is 65.4 Å². The van der Waals surface area contributed by atoms with Gasteiger partial charge in [-0.3, -0.25) is 4.79 Å². The van der Waals surface area contributed by atoms with E-state index in [9.17, 15) is 18.0 Å². The minimum atomic E-state index is -3.76. The monoisotopic (exact) mass is 411 g/mol. The van der Waals surface area contributed by atoms with Crippen molar-refractivity contribution in [1.29, 1.82) is 0 Å². The molecule has 1 aromatic heterocycles. The molecule has 148 valence electrons. The number of Topliss-reactive ketones (excluding diaryl/α,β-unsaturated/α-hetero) is 1. The quantitative estimate of drug-likeness (QED) is 0.364. The van der Waals surface area contributed by atoms with Crippen LogP contribution in [0.15, 0.2) is 57.8 Å². The number of rotatable bonds is 7. The Kier molecular flexibility index (Phi) is 5.82. The van der Waals surface area contributed by atoms with Gasteiger partial charge >= 0.3 is 5.97 Å². The minimum Gasteiger partial charge on any atom is -0.454 e. The molecule has 0 aliphatic rings. The zero-order chi connectivity index (χ0) is 21.0. The Morgan fingerprint density at radius 3 is 2.48 bits per heavy atom. The summed E-state index contributed by atoms with van der Waals surface area (Å²) in [4.78, 5) is 24.5. The van der Waals surface area contributed by atoms with E-state index in [-0.39, 0.29) is 22.8 Å². The molecular formula is C21H17NO6S. The molecule has 0 saturated heterocycles.